The van der Waals surface area contributed by atoms with Gasteiger partial charge in [-0.2, -0.15) is 4.31 Å². The topological polar surface area (TPSA) is 90.1 Å². The first-order chi connectivity index (χ1) is 12.2. The van der Waals surface area contributed by atoms with Crippen LogP contribution >= 0.6 is 0 Å². The number of hydrogen-bond donors (Lipinski definition) is 0. The van der Waals surface area contributed by atoms with E-state index in [2.05, 4.69) is 9.97 Å². The van der Waals surface area contributed by atoms with Crippen molar-refractivity contribution in [2.24, 2.45) is 13.0 Å². The Bertz CT molecular complexity index is 949. The highest BCUT2D eigenvalue weighted by molar-refractivity contribution is 7.89. The molecular weight excluding hydrogens is 354 g/mol. The molecule has 0 atom stereocenters. The van der Waals surface area contributed by atoms with Crippen LogP contribution in [-0.4, -0.2) is 44.9 Å². The van der Waals surface area contributed by atoms with Crippen molar-refractivity contribution in [3.8, 4) is 0 Å². The first-order valence-corrected chi connectivity index (χ1v) is 10.2. The fraction of sp³-hybridized carbons (Fsp3) is 0.588. The zero-order valence-electron chi connectivity index (χ0n) is 15.6. The number of rotatable bonds is 4. The molecule has 9 heteroatoms. The molecule has 2 aromatic rings. The first kappa shape index (κ1) is 18.8. The van der Waals surface area contributed by atoms with Crippen molar-refractivity contribution in [3.05, 3.63) is 40.0 Å². The van der Waals surface area contributed by atoms with E-state index in [1.54, 1.807) is 42.6 Å². The van der Waals surface area contributed by atoms with Gasteiger partial charge in [0.05, 0.1) is 6.33 Å². The molecule has 0 aliphatic carbocycles. The summed E-state index contributed by atoms with van der Waals surface area (Å²) in [5, 5.41) is 0.102. The average Bonchev–Trinajstić information content (AvgIpc) is 2.96. The Kier molecular flexibility index (Phi) is 5.03. The first-order valence-electron chi connectivity index (χ1n) is 8.73. The lowest BCUT2D eigenvalue weighted by Crippen LogP contribution is -2.40. The van der Waals surface area contributed by atoms with Gasteiger partial charge in [0.15, 0.2) is 5.03 Å². The lowest BCUT2D eigenvalue weighted by molar-refractivity contribution is 0.250. The zero-order valence-corrected chi connectivity index (χ0v) is 16.5. The van der Waals surface area contributed by atoms with Gasteiger partial charge >= 0.3 is 0 Å². The molecule has 0 spiro atoms. The van der Waals surface area contributed by atoms with E-state index in [1.807, 2.05) is 6.92 Å². The molecule has 0 bridgehead atoms. The Morgan fingerprint density at radius 3 is 2.42 bits per heavy atom. The lowest BCUT2D eigenvalue weighted by atomic mass is 9.98. The number of aromatic nitrogens is 4. The van der Waals surface area contributed by atoms with Gasteiger partial charge in [-0.3, -0.25) is 9.36 Å². The Morgan fingerprint density at radius 1 is 1.19 bits per heavy atom. The summed E-state index contributed by atoms with van der Waals surface area (Å²) in [7, 11) is -1.78. The van der Waals surface area contributed by atoms with Gasteiger partial charge in [-0.15, -0.1) is 0 Å². The molecule has 0 unspecified atom stereocenters. The summed E-state index contributed by atoms with van der Waals surface area (Å²) < 4.78 is 30.3. The lowest BCUT2D eigenvalue weighted by Gasteiger charge is -2.30. The molecule has 0 aromatic carbocycles. The second-order valence-electron chi connectivity index (χ2n) is 7.00. The van der Waals surface area contributed by atoms with E-state index < -0.39 is 10.0 Å². The number of aryl methyl sites for hydroxylation is 3. The Labute approximate surface area is 153 Å². The van der Waals surface area contributed by atoms with Crippen LogP contribution in [0, 0.1) is 26.7 Å². The summed E-state index contributed by atoms with van der Waals surface area (Å²) >= 11 is 0. The van der Waals surface area contributed by atoms with Crippen LogP contribution in [-0.2, 0) is 23.6 Å². The standard InChI is InChI=1S/C17H25N5O3S/c1-12-13(2)18-11-21(17(12)23)9-15-5-7-22(8-6-15)26(24,25)16-10-20(4)14(3)19-16/h10-11,15H,5-9H2,1-4H3. The molecular formula is C17H25N5O3S. The van der Waals surface area contributed by atoms with Gasteiger partial charge in [-0.25, -0.2) is 18.4 Å². The van der Waals surface area contributed by atoms with Crippen molar-refractivity contribution < 1.29 is 8.42 Å². The van der Waals surface area contributed by atoms with Crippen molar-refractivity contribution in [1.82, 2.24) is 23.4 Å². The number of imidazole rings is 1. The third kappa shape index (κ3) is 3.45. The molecule has 1 saturated heterocycles. The van der Waals surface area contributed by atoms with E-state index in [0.717, 1.165) is 5.69 Å². The molecule has 142 valence electrons. The van der Waals surface area contributed by atoms with Crippen LogP contribution in [0.25, 0.3) is 0 Å². The molecule has 1 fully saturated rings. The van der Waals surface area contributed by atoms with Crippen molar-refractivity contribution in [3.63, 3.8) is 0 Å². The summed E-state index contributed by atoms with van der Waals surface area (Å²) in [6, 6.07) is 0. The largest absolute Gasteiger partial charge is 0.337 e. The minimum Gasteiger partial charge on any atom is -0.337 e. The molecule has 3 rings (SSSR count). The minimum atomic E-state index is -3.56. The predicted octanol–water partition coefficient (Wildman–Crippen LogP) is 1.00. The molecule has 0 N–H and O–H groups in total. The van der Waals surface area contributed by atoms with Gasteiger partial charge in [0.25, 0.3) is 15.6 Å². The maximum absolute atomic E-state index is 12.7. The quantitative estimate of drug-likeness (QED) is 0.791. The highest BCUT2D eigenvalue weighted by Crippen LogP contribution is 2.24. The van der Waals surface area contributed by atoms with Crippen LogP contribution < -0.4 is 5.56 Å². The monoisotopic (exact) mass is 379 g/mol. The van der Waals surface area contributed by atoms with Crippen LogP contribution in [0.4, 0.5) is 0 Å². The smallest absolute Gasteiger partial charge is 0.262 e. The van der Waals surface area contributed by atoms with Crippen LogP contribution in [0.3, 0.4) is 0 Å². The SMILES string of the molecule is Cc1ncn(CC2CCN(S(=O)(=O)c3cn(C)c(C)n3)CC2)c(=O)c1C. The number of sulfonamides is 1. The fourth-order valence-corrected chi connectivity index (χ4v) is 4.69. The van der Waals surface area contributed by atoms with Crippen molar-refractivity contribution >= 4 is 10.0 Å². The normalized spacial score (nSPS) is 16.9. The molecule has 0 amide bonds. The van der Waals surface area contributed by atoms with Crippen LogP contribution in [0.1, 0.15) is 29.9 Å². The summed E-state index contributed by atoms with van der Waals surface area (Å²) in [4.78, 5) is 20.7. The van der Waals surface area contributed by atoms with Crippen LogP contribution in [0.5, 0.6) is 0 Å². The summed E-state index contributed by atoms with van der Waals surface area (Å²) in [5.41, 5.74) is 1.40. The van der Waals surface area contributed by atoms with Gasteiger partial charge in [-0.1, -0.05) is 0 Å². The molecule has 26 heavy (non-hydrogen) atoms. The van der Waals surface area contributed by atoms with E-state index >= 15 is 0 Å². The van der Waals surface area contributed by atoms with Gasteiger partial charge < -0.3 is 4.57 Å². The van der Waals surface area contributed by atoms with E-state index in [9.17, 15) is 13.2 Å². The Balaban J connectivity index is 1.68. The van der Waals surface area contributed by atoms with Crippen LogP contribution in [0.2, 0.25) is 0 Å². The zero-order chi connectivity index (χ0) is 19.1. The van der Waals surface area contributed by atoms with E-state index in [1.165, 1.54) is 4.31 Å². The molecule has 1 aliphatic rings. The predicted molar refractivity (Wildman–Crippen MR) is 97.4 cm³/mol. The van der Waals surface area contributed by atoms with E-state index in [0.29, 0.717) is 43.9 Å². The van der Waals surface area contributed by atoms with E-state index in [4.69, 9.17) is 0 Å². The Hall–Kier alpha value is -2.00. The molecule has 2 aromatic heterocycles. The third-order valence-electron chi connectivity index (χ3n) is 5.23. The molecule has 0 radical (unpaired) electrons. The molecule has 1 aliphatic heterocycles. The fourth-order valence-electron chi connectivity index (χ4n) is 3.20. The molecule has 0 saturated carbocycles. The number of piperidine rings is 1. The summed E-state index contributed by atoms with van der Waals surface area (Å²) in [6.45, 7) is 6.84. The number of hydrogen-bond acceptors (Lipinski definition) is 5. The Morgan fingerprint density at radius 2 is 1.85 bits per heavy atom. The maximum Gasteiger partial charge on any atom is 0.262 e. The van der Waals surface area contributed by atoms with Gasteiger partial charge in [0.1, 0.15) is 5.82 Å². The summed E-state index contributed by atoms with van der Waals surface area (Å²) in [5.74, 6) is 0.925. The molecule has 3 heterocycles. The highest BCUT2D eigenvalue weighted by atomic mass is 32.2. The van der Waals surface area contributed by atoms with Crippen LogP contribution in [0.15, 0.2) is 22.3 Å². The van der Waals surface area contributed by atoms with Crippen molar-refractivity contribution in [2.45, 2.75) is 45.2 Å². The van der Waals surface area contributed by atoms with E-state index in [-0.39, 0.29) is 16.5 Å². The number of nitrogens with zero attached hydrogens (tertiary/aromatic N) is 5. The second-order valence-corrected chi connectivity index (χ2v) is 8.88. The van der Waals surface area contributed by atoms with Crippen molar-refractivity contribution in [1.29, 1.82) is 0 Å². The maximum atomic E-state index is 12.7. The summed E-state index contributed by atoms with van der Waals surface area (Å²) in [6.07, 6.45) is 4.57. The molecule has 8 nitrogen and oxygen atoms in total. The third-order valence-corrected chi connectivity index (χ3v) is 7.00. The highest BCUT2D eigenvalue weighted by Gasteiger charge is 2.31. The van der Waals surface area contributed by atoms with Crippen molar-refractivity contribution in [2.75, 3.05) is 13.1 Å². The average molecular weight is 379 g/mol. The second kappa shape index (κ2) is 6.96. The van der Waals surface area contributed by atoms with Gasteiger partial charge in [0, 0.05) is 44.1 Å². The van der Waals surface area contributed by atoms with Gasteiger partial charge in [0.2, 0.25) is 0 Å². The van der Waals surface area contributed by atoms with Gasteiger partial charge in [-0.05, 0) is 39.5 Å². The minimum absolute atomic E-state index is 0.0171.